The van der Waals surface area contributed by atoms with E-state index in [0.717, 1.165) is 12.1 Å². The molecular formula is C15H14FN5O3. The topological polar surface area (TPSA) is 111 Å². The summed E-state index contributed by atoms with van der Waals surface area (Å²) in [5, 5.41) is 6.67. The molecule has 124 valence electrons. The summed E-state index contributed by atoms with van der Waals surface area (Å²) in [6.45, 7) is 2.61. The second kappa shape index (κ2) is 6.69. The Morgan fingerprint density at radius 3 is 2.83 bits per heavy atom. The van der Waals surface area contributed by atoms with Crippen molar-refractivity contribution in [2.45, 2.75) is 6.42 Å². The minimum absolute atomic E-state index is 0.0254. The Hall–Kier alpha value is -2.90. The Bertz CT molecular complexity index is 898. The maximum atomic E-state index is 14.0. The number of azide groups is 1. The van der Waals surface area contributed by atoms with Crippen molar-refractivity contribution in [3.05, 3.63) is 50.4 Å². The van der Waals surface area contributed by atoms with Crippen molar-refractivity contribution < 1.29 is 13.6 Å². The number of hydrogen-bond acceptors (Lipinski definition) is 5. The summed E-state index contributed by atoms with van der Waals surface area (Å²) < 4.78 is 19.0. The molecule has 2 aromatic rings. The van der Waals surface area contributed by atoms with Crippen LogP contribution in [0.2, 0.25) is 0 Å². The molecule has 0 aliphatic carbocycles. The summed E-state index contributed by atoms with van der Waals surface area (Å²) in [6.07, 6.45) is -0.0254. The molecule has 8 nitrogen and oxygen atoms in total. The summed E-state index contributed by atoms with van der Waals surface area (Å²) in [6, 6.07) is 3.46. The molecular weight excluding hydrogens is 317 g/mol. The number of fused-ring (bicyclic) bond motifs is 1. The van der Waals surface area contributed by atoms with Gasteiger partial charge in [-0.05, 0) is 23.2 Å². The van der Waals surface area contributed by atoms with Crippen molar-refractivity contribution in [3.63, 3.8) is 0 Å². The number of carbonyl (C=O) groups is 1. The number of benzene rings is 1. The van der Waals surface area contributed by atoms with E-state index in [-0.39, 0.29) is 23.6 Å². The highest BCUT2D eigenvalue weighted by molar-refractivity contribution is 5.88. The number of halogens is 1. The zero-order valence-corrected chi connectivity index (χ0v) is 12.7. The number of rotatable bonds is 3. The molecule has 0 unspecified atom stereocenters. The maximum absolute atomic E-state index is 14.0. The molecule has 1 fully saturated rings. The van der Waals surface area contributed by atoms with Crippen LogP contribution in [0, 0.1) is 5.82 Å². The lowest BCUT2D eigenvalue weighted by molar-refractivity contribution is -0.131. The SMILES string of the molecule is [N-]=[N+]=Nc1cc2oc(=O)cc(CC(=O)N3CCNCC3)c2cc1F. The predicted octanol–water partition coefficient (Wildman–Crippen LogP) is 1.85. The fraction of sp³-hybridized carbons (Fsp3) is 0.333. The fourth-order valence-corrected chi connectivity index (χ4v) is 2.70. The molecule has 1 aliphatic heterocycles. The molecule has 0 spiro atoms. The molecule has 1 aliphatic rings. The van der Waals surface area contributed by atoms with Gasteiger partial charge in [0.1, 0.15) is 11.4 Å². The molecule has 0 saturated carbocycles. The van der Waals surface area contributed by atoms with E-state index in [1.807, 2.05) is 0 Å². The summed E-state index contributed by atoms with van der Waals surface area (Å²) in [7, 11) is 0. The normalized spacial score (nSPS) is 14.5. The third-order valence-corrected chi connectivity index (χ3v) is 3.86. The molecule has 0 atom stereocenters. The van der Waals surface area contributed by atoms with Gasteiger partial charge in [-0.25, -0.2) is 9.18 Å². The van der Waals surface area contributed by atoms with Gasteiger partial charge in [0.15, 0.2) is 0 Å². The highest BCUT2D eigenvalue weighted by Crippen LogP contribution is 2.27. The van der Waals surface area contributed by atoms with Crippen molar-refractivity contribution >= 4 is 22.6 Å². The van der Waals surface area contributed by atoms with Crippen LogP contribution in [0.1, 0.15) is 5.56 Å². The number of piperazine rings is 1. The van der Waals surface area contributed by atoms with Crippen LogP contribution in [0.25, 0.3) is 21.4 Å². The first-order valence-electron chi connectivity index (χ1n) is 7.38. The van der Waals surface area contributed by atoms with Gasteiger partial charge < -0.3 is 14.6 Å². The van der Waals surface area contributed by atoms with Gasteiger partial charge in [-0.2, -0.15) is 0 Å². The molecule has 3 rings (SSSR count). The predicted molar refractivity (Wildman–Crippen MR) is 84.4 cm³/mol. The third kappa shape index (κ3) is 3.22. The minimum Gasteiger partial charge on any atom is -0.423 e. The first kappa shape index (κ1) is 16.0. The molecule has 1 aromatic carbocycles. The van der Waals surface area contributed by atoms with Crippen molar-refractivity contribution in [1.29, 1.82) is 0 Å². The lowest BCUT2D eigenvalue weighted by atomic mass is 10.1. The summed E-state index contributed by atoms with van der Waals surface area (Å²) in [4.78, 5) is 28.3. The quantitative estimate of drug-likeness (QED) is 0.400. The van der Waals surface area contributed by atoms with Crippen LogP contribution in [-0.4, -0.2) is 37.0 Å². The van der Waals surface area contributed by atoms with Gasteiger partial charge in [0.05, 0.1) is 12.1 Å². The van der Waals surface area contributed by atoms with Crippen LogP contribution in [0.5, 0.6) is 0 Å². The van der Waals surface area contributed by atoms with E-state index in [1.165, 1.54) is 6.07 Å². The first-order valence-corrected chi connectivity index (χ1v) is 7.38. The van der Waals surface area contributed by atoms with E-state index in [4.69, 9.17) is 9.95 Å². The van der Waals surface area contributed by atoms with E-state index in [1.54, 1.807) is 4.90 Å². The van der Waals surface area contributed by atoms with Crippen LogP contribution >= 0.6 is 0 Å². The average molecular weight is 331 g/mol. The highest BCUT2D eigenvalue weighted by Gasteiger charge is 2.19. The highest BCUT2D eigenvalue weighted by atomic mass is 19.1. The molecule has 9 heteroatoms. The monoisotopic (exact) mass is 331 g/mol. The van der Waals surface area contributed by atoms with E-state index >= 15 is 0 Å². The molecule has 0 radical (unpaired) electrons. The van der Waals surface area contributed by atoms with Crippen LogP contribution in [0.3, 0.4) is 0 Å². The largest absolute Gasteiger partial charge is 0.423 e. The summed E-state index contributed by atoms with van der Waals surface area (Å²) in [5.74, 6) is -0.882. The molecule has 1 saturated heterocycles. The van der Waals surface area contributed by atoms with Crippen molar-refractivity contribution in [3.8, 4) is 0 Å². The third-order valence-electron chi connectivity index (χ3n) is 3.86. The number of nitrogens with zero attached hydrogens (tertiary/aromatic N) is 4. The zero-order chi connectivity index (χ0) is 17.1. The van der Waals surface area contributed by atoms with Gasteiger partial charge in [-0.3, -0.25) is 4.79 Å². The van der Waals surface area contributed by atoms with Gasteiger partial charge >= 0.3 is 5.63 Å². The molecule has 1 N–H and O–H groups in total. The van der Waals surface area contributed by atoms with Crippen molar-refractivity contribution in [2.24, 2.45) is 5.11 Å². The standard InChI is InChI=1S/C15H14FN5O3/c16-11-7-10-9(5-14(22)21-3-1-18-2-4-21)6-15(23)24-13(10)8-12(11)19-20-17/h6-8,18H,1-5H2. The Morgan fingerprint density at radius 2 is 2.12 bits per heavy atom. The summed E-state index contributed by atoms with van der Waals surface area (Å²) in [5.41, 5.74) is 7.98. The minimum atomic E-state index is -0.745. The smallest absolute Gasteiger partial charge is 0.336 e. The Kier molecular flexibility index (Phi) is 4.45. The molecule has 1 amide bonds. The van der Waals surface area contributed by atoms with Gasteiger partial charge in [0, 0.05) is 42.5 Å². The van der Waals surface area contributed by atoms with Gasteiger partial charge in [0.2, 0.25) is 5.91 Å². The fourth-order valence-electron chi connectivity index (χ4n) is 2.70. The van der Waals surface area contributed by atoms with Gasteiger partial charge in [-0.15, -0.1) is 0 Å². The van der Waals surface area contributed by atoms with Crippen molar-refractivity contribution in [1.82, 2.24) is 10.2 Å². The number of amides is 1. The number of carbonyl (C=O) groups excluding carboxylic acids is 1. The lowest BCUT2D eigenvalue weighted by Gasteiger charge is -2.27. The Labute approximate surface area is 135 Å². The molecule has 2 heterocycles. The van der Waals surface area contributed by atoms with Crippen LogP contribution < -0.4 is 10.9 Å². The van der Waals surface area contributed by atoms with Gasteiger partial charge in [0.25, 0.3) is 0 Å². The van der Waals surface area contributed by atoms with Gasteiger partial charge in [-0.1, -0.05) is 5.11 Å². The molecule has 24 heavy (non-hydrogen) atoms. The van der Waals surface area contributed by atoms with E-state index in [2.05, 4.69) is 15.3 Å². The average Bonchev–Trinajstić information content (AvgIpc) is 2.57. The molecule has 1 aromatic heterocycles. The molecule has 0 bridgehead atoms. The Morgan fingerprint density at radius 1 is 1.38 bits per heavy atom. The number of nitrogens with one attached hydrogen (secondary N) is 1. The van der Waals surface area contributed by atoms with E-state index in [0.29, 0.717) is 37.1 Å². The zero-order valence-electron chi connectivity index (χ0n) is 12.7. The lowest BCUT2D eigenvalue weighted by Crippen LogP contribution is -2.47. The Balaban J connectivity index is 2.00. The summed E-state index contributed by atoms with van der Waals surface area (Å²) >= 11 is 0. The van der Waals surface area contributed by atoms with E-state index < -0.39 is 11.4 Å². The van der Waals surface area contributed by atoms with Crippen LogP contribution in [0.4, 0.5) is 10.1 Å². The van der Waals surface area contributed by atoms with E-state index in [9.17, 15) is 14.0 Å². The second-order valence-corrected chi connectivity index (χ2v) is 5.39. The van der Waals surface area contributed by atoms with Crippen LogP contribution in [-0.2, 0) is 11.2 Å². The first-order chi connectivity index (χ1) is 11.6. The number of hydrogen-bond donors (Lipinski definition) is 1. The second-order valence-electron chi connectivity index (χ2n) is 5.39. The van der Waals surface area contributed by atoms with Crippen molar-refractivity contribution in [2.75, 3.05) is 26.2 Å². The van der Waals surface area contributed by atoms with Crippen LogP contribution in [0.15, 0.2) is 32.5 Å². The maximum Gasteiger partial charge on any atom is 0.336 e.